The van der Waals surface area contributed by atoms with Crippen LogP contribution in [0, 0.1) is 46.5 Å². The lowest BCUT2D eigenvalue weighted by Crippen LogP contribution is -2.13. The smallest absolute Gasteiger partial charge is 0.310 e. The highest BCUT2D eigenvalue weighted by atomic mass is 35.5. The highest BCUT2D eigenvalue weighted by Crippen LogP contribution is 2.68. The quantitative estimate of drug-likeness (QED) is 0.459. The minimum atomic E-state index is -1.52. The summed E-state index contributed by atoms with van der Waals surface area (Å²) in [5.74, 6) is -3.41. The van der Waals surface area contributed by atoms with Gasteiger partial charge in [-0.15, -0.1) is 6.42 Å². The first kappa shape index (κ1) is 17.7. The lowest BCUT2D eigenvalue weighted by Gasteiger charge is -2.11. The van der Waals surface area contributed by atoms with E-state index in [1.165, 1.54) is 0 Å². The molecule has 1 fully saturated rings. The first-order valence-corrected chi connectivity index (χ1v) is 7.34. The number of rotatable bonds is 3. The van der Waals surface area contributed by atoms with Gasteiger partial charge in [-0.2, -0.15) is 0 Å². The fourth-order valence-electron chi connectivity index (χ4n) is 2.94. The van der Waals surface area contributed by atoms with E-state index >= 15 is 0 Å². The third-order valence-corrected chi connectivity index (χ3v) is 5.51. The molecule has 0 saturated heterocycles. The molecule has 6 heteroatoms. The highest BCUT2D eigenvalue weighted by molar-refractivity contribution is 6.31. The zero-order valence-corrected chi connectivity index (χ0v) is 13.9. The molecule has 0 aliphatic heterocycles. The van der Waals surface area contributed by atoms with E-state index in [9.17, 15) is 18.0 Å². The van der Waals surface area contributed by atoms with Crippen molar-refractivity contribution in [3.63, 3.8) is 0 Å². The second-order valence-corrected chi connectivity index (χ2v) is 7.12. The summed E-state index contributed by atoms with van der Waals surface area (Å²) in [7, 11) is 0. The maximum atomic E-state index is 13.9. The molecule has 0 heterocycles. The summed E-state index contributed by atoms with van der Waals surface area (Å²) in [6.07, 6.45) is 4.93. The van der Waals surface area contributed by atoms with Gasteiger partial charge >= 0.3 is 5.97 Å². The predicted molar refractivity (Wildman–Crippen MR) is 80.1 cm³/mol. The largest absolute Gasteiger partial charge is 0.460 e. The SMILES string of the molecule is C#Cc1c(F)c(F)c(COC(=O)C2C(C)(C)C2(C)C)c(Cl)c1F. The highest BCUT2D eigenvalue weighted by Gasteiger charge is 2.69. The van der Waals surface area contributed by atoms with Gasteiger partial charge in [-0.3, -0.25) is 4.79 Å². The van der Waals surface area contributed by atoms with Crippen LogP contribution in [0.5, 0.6) is 0 Å². The van der Waals surface area contributed by atoms with E-state index in [2.05, 4.69) is 0 Å². The first-order chi connectivity index (χ1) is 10.5. The predicted octanol–water partition coefficient (Wildman–Crippen LogP) is 4.46. The van der Waals surface area contributed by atoms with Crippen LogP contribution in [0.2, 0.25) is 5.02 Å². The van der Waals surface area contributed by atoms with Crippen LogP contribution in [0.15, 0.2) is 0 Å². The van der Waals surface area contributed by atoms with E-state index < -0.39 is 46.2 Å². The van der Waals surface area contributed by atoms with Crippen molar-refractivity contribution in [2.24, 2.45) is 16.7 Å². The molecule has 0 amide bonds. The third kappa shape index (κ3) is 2.49. The number of ether oxygens (including phenoxy) is 1. The lowest BCUT2D eigenvalue weighted by molar-refractivity contribution is -0.148. The normalized spacial score (nSPS) is 18.4. The van der Waals surface area contributed by atoms with E-state index in [-0.39, 0.29) is 16.7 Å². The summed E-state index contributed by atoms with van der Waals surface area (Å²) in [5, 5.41) is -0.682. The molecule has 0 radical (unpaired) electrons. The number of carbonyl (C=O) groups excluding carboxylic acids is 1. The van der Waals surface area contributed by atoms with Crippen LogP contribution in [0.1, 0.15) is 38.8 Å². The maximum Gasteiger partial charge on any atom is 0.310 e. The Kier molecular flexibility index (Phi) is 4.19. The monoisotopic (exact) mass is 344 g/mol. The Morgan fingerprint density at radius 2 is 1.70 bits per heavy atom. The van der Waals surface area contributed by atoms with Gasteiger partial charge in [0, 0.05) is 5.56 Å². The zero-order chi connectivity index (χ0) is 17.7. The average Bonchev–Trinajstić information content (AvgIpc) is 2.87. The van der Waals surface area contributed by atoms with E-state index in [1.807, 2.05) is 27.7 Å². The number of benzene rings is 1. The van der Waals surface area contributed by atoms with Crippen LogP contribution >= 0.6 is 11.6 Å². The van der Waals surface area contributed by atoms with Crippen molar-refractivity contribution in [1.29, 1.82) is 0 Å². The number of hydrogen-bond donors (Lipinski definition) is 0. The van der Waals surface area contributed by atoms with Gasteiger partial charge in [0.25, 0.3) is 0 Å². The Hall–Kier alpha value is -1.67. The van der Waals surface area contributed by atoms with Crippen LogP contribution in [-0.4, -0.2) is 5.97 Å². The number of carbonyl (C=O) groups is 1. The fourth-order valence-corrected chi connectivity index (χ4v) is 3.17. The molecule has 1 aliphatic carbocycles. The number of hydrogen-bond acceptors (Lipinski definition) is 2. The van der Waals surface area contributed by atoms with Crippen LogP contribution in [-0.2, 0) is 16.1 Å². The molecule has 0 unspecified atom stereocenters. The second-order valence-electron chi connectivity index (χ2n) is 6.74. The van der Waals surface area contributed by atoms with Gasteiger partial charge in [0.2, 0.25) is 0 Å². The van der Waals surface area contributed by atoms with E-state index in [4.69, 9.17) is 22.8 Å². The Morgan fingerprint density at radius 3 is 2.13 bits per heavy atom. The van der Waals surface area contributed by atoms with Crippen molar-refractivity contribution < 1.29 is 22.7 Å². The van der Waals surface area contributed by atoms with Gasteiger partial charge in [0.15, 0.2) is 17.5 Å². The van der Waals surface area contributed by atoms with Crippen LogP contribution < -0.4 is 0 Å². The van der Waals surface area contributed by atoms with Crippen molar-refractivity contribution in [2.45, 2.75) is 34.3 Å². The van der Waals surface area contributed by atoms with Gasteiger partial charge in [0.1, 0.15) is 12.2 Å². The molecule has 2 rings (SSSR count). The Balaban J connectivity index is 2.23. The van der Waals surface area contributed by atoms with Crippen molar-refractivity contribution in [3.05, 3.63) is 33.6 Å². The minimum Gasteiger partial charge on any atom is -0.460 e. The molecular formula is C17H16ClF3O2. The summed E-state index contributed by atoms with van der Waals surface area (Å²) in [6.45, 7) is 6.98. The van der Waals surface area contributed by atoms with E-state index in [0.717, 1.165) is 0 Å². The van der Waals surface area contributed by atoms with E-state index in [1.54, 1.807) is 5.92 Å². The molecule has 1 saturated carbocycles. The Bertz CT molecular complexity index is 689. The fraction of sp³-hybridized carbons (Fsp3) is 0.471. The molecule has 0 atom stereocenters. The number of halogens is 4. The Morgan fingerprint density at radius 1 is 1.17 bits per heavy atom. The van der Waals surface area contributed by atoms with Gasteiger partial charge in [-0.05, 0) is 10.8 Å². The lowest BCUT2D eigenvalue weighted by atomic mass is 10.0. The molecule has 0 bridgehead atoms. The van der Waals surface area contributed by atoms with Gasteiger partial charge in [-0.1, -0.05) is 45.2 Å². The average molecular weight is 345 g/mol. The first-order valence-electron chi connectivity index (χ1n) is 6.96. The molecule has 0 N–H and O–H groups in total. The van der Waals surface area contributed by atoms with Gasteiger partial charge in [0.05, 0.1) is 10.9 Å². The van der Waals surface area contributed by atoms with Crippen LogP contribution in [0.3, 0.4) is 0 Å². The molecule has 23 heavy (non-hydrogen) atoms. The minimum absolute atomic E-state index is 0.268. The van der Waals surface area contributed by atoms with Gasteiger partial charge < -0.3 is 4.74 Å². The van der Waals surface area contributed by atoms with E-state index in [0.29, 0.717) is 0 Å². The molecule has 1 aromatic carbocycles. The van der Waals surface area contributed by atoms with Crippen LogP contribution in [0.4, 0.5) is 13.2 Å². The topological polar surface area (TPSA) is 26.3 Å². The molecular weight excluding hydrogens is 329 g/mol. The standard InChI is InChI=1S/C17H16ClF3O2/c1-6-8-11(19)10(18)9(13(21)12(8)20)7-23-15(22)14-16(2,3)17(14,4)5/h1,14H,7H2,2-5H3. The molecule has 2 nitrogen and oxygen atoms in total. The summed E-state index contributed by atoms with van der Waals surface area (Å²) >= 11 is 5.68. The third-order valence-electron chi connectivity index (χ3n) is 5.11. The summed E-state index contributed by atoms with van der Waals surface area (Å²) in [5.41, 5.74) is -1.98. The number of terminal acetylenes is 1. The Labute approximate surface area is 138 Å². The van der Waals surface area contributed by atoms with Crippen LogP contribution in [0.25, 0.3) is 0 Å². The van der Waals surface area contributed by atoms with Gasteiger partial charge in [-0.25, -0.2) is 13.2 Å². The molecule has 0 spiro atoms. The van der Waals surface area contributed by atoms with Crippen molar-refractivity contribution in [1.82, 2.24) is 0 Å². The van der Waals surface area contributed by atoms with Crippen molar-refractivity contribution in [2.75, 3.05) is 0 Å². The molecule has 1 aromatic rings. The summed E-state index contributed by atoms with van der Waals surface area (Å²) in [6, 6.07) is 0. The molecule has 124 valence electrons. The zero-order valence-electron chi connectivity index (χ0n) is 13.2. The number of esters is 1. The molecule has 1 aliphatic rings. The second kappa shape index (κ2) is 5.45. The summed E-state index contributed by atoms with van der Waals surface area (Å²) in [4.78, 5) is 12.1. The molecule has 0 aromatic heterocycles. The summed E-state index contributed by atoms with van der Waals surface area (Å²) < 4.78 is 46.5. The van der Waals surface area contributed by atoms with Crippen molar-refractivity contribution >= 4 is 17.6 Å². The van der Waals surface area contributed by atoms with Crippen molar-refractivity contribution in [3.8, 4) is 12.3 Å². The maximum absolute atomic E-state index is 13.9.